The molecule has 2 aromatic heterocycles. The molecular formula is C26H21FN4O. The van der Waals surface area contributed by atoms with E-state index in [2.05, 4.69) is 10.3 Å². The molecule has 0 saturated heterocycles. The summed E-state index contributed by atoms with van der Waals surface area (Å²) in [5.74, 6) is -0.574. The predicted octanol–water partition coefficient (Wildman–Crippen LogP) is 5.65. The Morgan fingerprint density at radius 1 is 0.938 bits per heavy atom. The number of aryl methyl sites for hydroxylation is 2. The molecule has 0 bridgehead atoms. The summed E-state index contributed by atoms with van der Waals surface area (Å²) >= 11 is 0. The van der Waals surface area contributed by atoms with Crippen molar-refractivity contribution >= 4 is 33.4 Å². The standard InChI is InChI=1S/C26H21FN4O/c1-16-3-7-18(8-4-16)25-22-14-28-23-12-9-19(27)13-21(23)26(22)31(30-25)15-24(32)29-20-10-5-17(2)6-11-20/h3-14H,15H2,1-2H3,(H,29,32). The topological polar surface area (TPSA) is 59.8 Å². The molecule has 0 unspecified atom stereocenters. The number of halogens is 1. The van der Waals surface area contributed by atoms with Crippen LogP contribution in [0, 0.1) is 19.7 Å². The average molecular weight is 424 g/mol. The molecule has 158 valence electrons. The van der Waals surface area contributed by atoms with E-state index in [1.807, 2.05) is 62.4 Å². The van der Waals surface area contributed by atoms with Gasteiger partial charge in [0.25, 0.3) is 0 Å². The van der Waals surface area contributed by atoms with Gasteiger partial charge in [-0.25, -0.2) is 4.39 Å². The van der Waals surface area contributed by atoms with Crippen LogP contribution in [0.1, 0.15) is 11.1 Å². The number of hydrogen-bond donors (Lipinski definition) is 1. The molecule has 32 heavy (non-hydrogen) atoms. The molecule has 5 rings (SSSR count). The second kappa shape index (κ2) is 7.89. The van der Waals surface area contributed by atoms with Crippen LogP contribution >= 0.6 is 0 Å². The number of nitrogens with one attached hydrogen (secondary N) is 1. The SMILES string of the molecule is Cc1ccc(NC(=O)Cn2nc(-c3ccc(C)cc3)c3cnc4ccc(F)cc4c32)cc1. The van der Waals surface area contributed by atoms with Crippen LogP contribution in [0.4, 0.5) is 10.1 Å². The Hall–Kier alpha value is -4.06. The molecule has 5 nitrogen and oxygen atoms in total. The maximum Gasteiger partial charge on any atom is 0.246 e. The number of pyridine rings is 1. The van der Waals surface area contributed by atoms with Gasteiger partial charge in [-0.2, -0.15) is 5.10 Å². The molecule has 0 atom stereocenters. The molecule has 0 aliphatic carbocycles. The van der Waals surface area contributed by atoms with Gasteiger partial charge in [-0.15, -0.1) is 0 Å². The van der Waals surface area contributed by atoms with Gasteiger partial charge in [-0.3, -0.25) is 14.5 Å². The van der Waals surface area contributed by atoms with E-state index in [1.165, 1.54) is 12.1 Å². The van der Waals surface area contributed by atoms with Gasteiger partial charge in [0.15, 0.2) is 0 Å². The van der Waals surface area contributed by atoms with Crippen LogP contribution in [-0.4, -0.2) is 20.7 Å². The van der Waals surface area contributed by atoms with E-state index in [9.17, 15) is 9.18 Å². The van der Waals surface area contributed by atoms with Crippen molar-refractivity contribution in [3.63, 3.8) is 0 Å². The molecule has 0 spiro atoms. The van der Waals surface area contributed by atoms with Crippen molar-refractivity contribution in [3.05, 3.63) is 89.9 Å². The third-order valence-electron chi connectivity index (χ3n) is 5.49. The number of anilines is 1. The molecule has 6 heteroatoms. The fourth-order valence-corrected chi connectivity index (χ4v) is 3.84. The minimum absolute atomic E-state index is 0.00807. The van der Waals surface area contributed by atoms with Crippen LogP contribution < -0.4 is 5.32 Å². The summed E-state index contributed by atoms with van der Waals surface area (Å²) in [6.07, 6.45) is 1.74. The predicted molar refractivity (Wildman–Crippen MR) is 125 cm³/mol. The molecule has 1 amide bonds. The molecule has 3 aromatic carbocycles. The van der Waals surface area contributed by atoms with Crippen molar-refractivity contribution in [1.29, 1.82) is 0 Å². The highest BCUT2D eigenvalue weighted by Gasteiger charge is 2.18. The quantitative estimate of drug-likeness (QED) is 0.406. The number of nitrogens with zero attached hydrogens (tertiary/aromatic N) is 3. The van der Waals surface area contributed by atoms with Gasteiger partial charge >= 0.3 is 0 Å². The zero-order valence-electron chi connectivity index (χ0n) is 17.8. The highest BCUT2D eigenvalue weighted by molar-refractivity contribution is 6.08. The summed E-state index contributed by atoms with van der Waals surface area (Å²) in [6.45, 7) is 4.01. The van der Waals surface area contributed by atoms with E-state index in [-0.39, 0.29) is 18.3 Å². The maximum absolute atomic E-state index is 14.1. The molecule has 0 fully saturated rings. The zero-order valence-corrected chi connectivity index (χ0v) is 17.8. The first kappa shape index (κ1) is 19.9. The van der Waals surface area contributed by atoms with Crippen LogP contribution in [0.3, 0.4) is 0 Å². The van der Waals surface area contributed by atoms with Gasteiger partial charge in [-0.05, 0) is 44.2 Å². The number of aromatic nitrogens is 3. The first-order valence-electron chi connectivity index (χ1n) is 10.4. The van der Waals surface area contributed by atoms with Gasteiger partial charge < -0.3 is 5.32 Å². The number of fused-ring (bicyclic) bond motifs is 3. The molecule has 5 aromatic rings. The van der Waals surface area contributed by atoms with E-state index >= 15 is 0 Å². The average Bonchev–Trinajstić information content (AvgIpc) is 3.14. The maximum atomic E-state index is 14.1. The van der Waals surface area contributed by atoms with Crippen molar-refractivity contribution in [3.8, 4) is 11.3 Å². The van der Waals surface area contributed by atoms with Crippen LogP contribution in [0.5, 0.6) is 0 Å². The smallest absolute Gasteiger partial charge is 0.246 e. The third kappa shape index (κ3) is 3.71. The third-order valence-corrected chi connectivity index (χ3v) is 5.49. The Kier molecular flexibility index (Phi) is 4.90. The molecule has 0 aliphatic heterocycles. The zero-order chi connectivity index (χ0) is 22.2. The highest BCUT2D eigenvalue weighted by Crippen LogP contribution is 2.32. The minimum Gasteiger partial charge on any atom is -0.324 e. The lowest BCUT2D eigenvalue weighted by molar-refractivity contribution is -0.116. The van der Waals surface area contributed by atoms with Crippen molar-refractivity contribution < 1.29 is 9.18 Å². The van der Waals surface area contributed by atoms with E-state index in [0.717, 1.165) is 22.1 Å². The Labute approximate surface area is 184 Å². The second-order valence-electron chi connectivity index (χ2n) is 7.97. The lowest BCUT2D eigenvalue weighted by atomic mass is 10.1. The lowest BCUT2D eigenvalue weighted by Gasteiger charge is -2.08. The number of rotatable bonds is 4. The van der Waals surface area contributed by atoms with E-state index < -0.39 is 0 Å². The first-order valence-corrected chi connectivity index (χ1v) is 10.4. The summed E-state index contributed by atoms with van der Waals surface area (Å²) in [4.78, 5) is 17.3. The Morgan fingerprint density at radius 3 is 2.34 bits per heavy atom. The van der Waals surface area contributed by atoms with Gasteiger partial charge in [0.1, 0.15) is 18.1 Å². The first-order chi connectivity index (χ1) is 15.5. The number of carbonyl (C=O) groups is 1. The van der Waals surface area contributed by atoms with Gasteiger partial charge in [-0.1, -0.05) is 47.5 Å². The van der Waals surface area contributed by atoms with Crippen molar-refractivity contribution in [1.82, 2.24) is 14.8 Å². The van der Waals surface area contributed by atoms with Crippen LogP contribution in [-0.2, 0) is 11.3 Å². The van der Waals surface area contributed by atoms with Crippen LogP contribution in [0.15, 0.2) is 72.9 Å². The number of hydrogen-bond acceptors (Lipinski definition) is 3. The summed E-state index contributed by atoms with van der Waals surface area (Å²) < 4.78 is 15.8. The fourth-order valence-electron chi connectivity index (χ4n) is 3.84. The van der Waals surface area contributed by atoms with Crippen LogP contribution in [0.2, 0.25) is 0 Å². The minimum atomic E-state index is -0.361. The van der Waals surface area contributed by atoms with Crippen LogP contribution in [0.25, 0.3) is 33.1 Å². The normalized spacial score (nSPS) is 11.2. The van der Waals surface area contributed by atoms with E-state index in [1.54, 1.807) is 16.9 Å². The molecule has 2 heterocycles. The van der Waals surface area contributed by atoms with Crippen molar-refractivity contribution in [2.45, 2.75) is 20.4 Å². The Bertz CT molecular complexity index is 1450. The monoisotopic (exact) mass is 424 g/mol. The molecule has 0 saturated carbocycles. The number of carbonyl (C=O) groups excluding carboxylic acids is 1. The summed E-state index contributed by atoms with van der Waals surface area (Å²) in [6, 6.07) is 20.1. The Morgan fingerprint density at radius 2 is 1.62 bits per heavy atom. The Balaban J connectivity index is 1.63. The molecule has 0 aliphatic rings. The molecular weight excluding hydrogens is 403 g/mol. The largest absolute Gasteiger partial charge is 0.324 e. The molecule has 0 radical (unpaired) electrons. The number of amides is 1. The fraction of sp³-hybridized carbons (Fsp3) is 0.115. The summed E-state index contributed by atoms with van der Waals surface area (Å²) in [5, 5.41) is 9.06. The number of benzene rings is 3. The lowest BCUT2D eigenvalue weighted by Crippen LogP contribution is -2.19. The highest BCUT2D eigenvalue weighted by atomic mass is 19.1. The van der Waals surface area contributed by atoms with Gasteiger partial charge in [0.05, 0.1) is 11.0 Å². The van der Waals surface area contributed by atoms with Crippen molar-refractivity contribution in [2.75, 3.05) is 5.32 Å². The molecule has 1 N–H and O–H groups in total. The van der Waals surface area contributed by atoms with Crippen molar-refractivity contribution in [2.24, 2.45) is 0 Å². The summed E-state index contributed by atoms with van der Waals surface area (Å²) in [7, 11) is 0. The van der Waals surface area contributed by atoms with E-state index in [4.69, 9.17) is 5.10 Å². The van der Waals surface area contributed by atoms with Gasteiger partial charge in [0.2, 0.25) is 5.91 Å². The summed E-state index contributed by atoms with van der Waals surface area (Å²) in [5.41, 5.74) is 5.93. The van der Waals surface area contributed by atoms with E-state index in [0.29, 0.717) is 27.8 Å². The van der Waals surface area contributed by atoms with Gasteiger partial charge in [0, 0.05) is 28.2 Å². The second-order valence-corrected chi connectivity index (χ2v) is 7.97.